The van der Waals surface area contributed by atoms with Gasteiger partial charge in [-0.2, -0.15) is 0 Å². The van der Waals surface area contributed by atoms with Gasteiger partial charge in [0, 0.05) is 12.5 Å². The molecule has 0 radical (unpaired) electrons. The fourth-order valence-electron chi connectivity index (χ4n) is 2.67. The summed E-state index contributed by atoms with van der Waals surface area (Å²) in [6.07, 6.45) is 0. The van der Waals surface area contributed by atoms with Gasteiger partial charge in [-0.1, -0.05) is 74.5 Å². The van der Waals surface area contributed by atoms with E-state index in [0.29, 0.717) is 12.2 Å². The highest BCUT2D eigenvalue weighted by molar-refractivity contribution is 5.99. The number of nitrogens with two attached hydrogens (primary N) is 1. The Kier molecular flexibility index (Phi) is 9.13. The van der Waals surface area contributed by atoms with E-state index in [1.54, 1.807) is 13.0 Å². The molecule has 0 aliphatic rings. The van der Waals surface area contributed by atoms with Crippen LogP contribution < -0.4 is 10.6 Å². The number of ether oxygens (including phenoxy) is 2. The van der Waals surface area contributed by atoms with Crippen LogP contribution in [0.25, 0.3) is 11.1 Å². The number of nitrogens with zero attached hydrogens (tertiary/aromatic N) is 1. The largest absolute Gasteiger partial charge is 0.489 e. The molecule has 3 aromatic rings. The van der Waals surface area contributed by atoms with Crippen LogP contribution in [0.4, 0.5) is 0 Å². The summed E-state index contributed by atoms with van der Waals surface area (Å²) in [5.74, 6) is 6.02. The van der Waals surface area contributed by atoms with E-state index in [1.807, 2.05) is 86.6 Å². The first-order valence-corrected chi connectivity index (χ1v) is 9.93. The van der Waals surface area contributed by atoms with Crippen molar-refractivity contribution in [3.05, 3.63) is 90.0 Å². The summed E-state index contributed by atoms with van der Waals surface area (Å²) in [6.45, 7) is 6.00. The number of carbonyl (C=O) groups excluding carboxylic acids is 1. The number of benzene rings is 3. The van der Waals surface area contributed by atoms with Crippen molar-refractivity contribution < 1.29 is 14.3 Å². The first-order valence-electron chi connectivity index (χ1n) is 9.93. The number of Topliss-reactive ketones (excluding diaryl/α,β-unsaturated/α-hetero) is 1. The second kappa shape index (κ2) is 12.1. The minimum atomic E-state index is -0.138. The lowest BCUT2D eigenvalue weighted by Gasteiger charge is -2.10. The average molecular weight is 405 g/mol. The zero-order valence-corrected chi connectivity index (χ0v) is 17.7. The van der Waals surface area contributed by atoms with Gasteiger partial charge in [0.1, 0.15) is 12.4 Å². The minimum absolute atomic E-state index is 0.101. The van der Waals surface area contributed by atoms with Gasteiger partial charge in [0.05, 0.1) is 0 Å². The molecule has 3 aromatic carbocycles. The molecule has 0 saturated carbocycles. The number of rotatable bonds is 7. The molecule has 0 saturated heterocycles. The first-order chi connectivity index (χ1) is 14.7. The Balaban J connectivity index is 0.00000155. The van der Waals surface area contributed by atoms with Crippen molar-refractivity contribution in [1.29, 1.82) is 0 Å². The Labute approximate surface area is 178 Å². The van der Waals surface area contributed by atoms with E-state index >= 15 is 0 Å². The number of carbonyl (C=O) groups is 1. The Morgan fingerprint density at radius 2 is 1.57 bits per heavy atom. The minimum Gasteiger partial charge on any atom is -0.489 e. The van der Waals surface area contributed by atoms with Crippen LogP contribution in [0, 0.1) is 0 Å². The number of hydrogen-bond acceptors (Lipinski definition) is 5. The Morgan fingerprint density at radius 3 is 2.27 bits per heavy atom. The Morgan fingerprint density at radius 1 is 0.900 bits per heavy atom. The lowest BCUT2D eigenvalue weighted by Crippen LogP contribution is -2.13. The van der Waals surface area contributed by atoms with Crippen LogP contribution in [0.2, 0.25) is 0 Å². The highest BCUT2D eigenvalue weighted by Crippen LogP contribution is 2.25. The van der Waals surface area contributed by atoms with Crippen molar-refractivity contribution in [1.82, 2.24) is 0 Å². The molecule has 156 valence electrons. The molecule has 3 rings (SSSR count). The van der Waals surface area contributed by atoms with Crippen LogP contribution in [0.15, 0.2) is 84.0 Å². The number of hydrogen-bond donors (Lipinski definition) is 1. The summed E-state index contributed by atoms with van der Waals surface area (Å²) >= 11 is 0. The van der Waals surface area contributed by atoms with E-state index in [9.17, 15) is 4.79 Å². The smallest absolute Gasteiger partial charge is 0.202 e. The summed E-state index contributed by atoms with van der Waals surface area (Å²) in [4.78, 5) is 12.3. The second-order valence-corrected chi connectivity index (χ2v) is 6.24. The molecule has 30 heavy (non-hydrogen) atoms. The molecule has 0 atom stereocenters. The van der Waals surface area contributed by atoms with E-state index in [0.717, 1.165) is 22.4 Å². The predicted octanol–water partition coefficient (Wildman–Crippen LogP) is 5.45. The molecule has 5 nitrogen and oxygen atoms in total. The predicted molar refractivity (Wildman–Crippen MR) is 122 cm³/mol. The van der Waals surface area contributed by atoms with Crippen LogP contribution in [0.1, 0.15) is 36.7 Å². The molecule has 0 aliphatic carbocycles. The molecule has 0 aromatic heterocycles. The SMILES string of the molecule is C/C(=N/N)OCC(=O)c1cccc(-c2cccc(OCc3ccccc3)c2)c1.CC. The van der Waals surface area contributed by atoms with E-state index < -0.39 is 0 Å². The van der Waals surface area contributed by atoms with Crippen LogP contribution >= 0.6 is 0 Å². The zero-order valence-electron chi connectivity index (χ0n) is 17.7. The highest BCUT2D eigenvalue weighted by atomic mass is 16.5. The van der Waals surface area contributed by atoms with Crippen molar-refractivity contribution in [3.8, 4) is 16.9 Å². The van der Waals surface area contributed by atoms with Gasteiger partial charge in [0.25, 0.3) is 0 Å². The summed E-state index contributed by atoms with van der Waals surface area (Å²) in [5.41, 5.74) is 3.58. The van der Waals surface area contributed by atoms with Crippen molar-refractivity contribution >= 4 is 11.7 Å². The third-order valence-electron chi connectivity index (χ3n) is 4.19. The van der Waals surface area contributed by atoms with Gasteiger partial charge >= 0.3 is 0 Å². The summed E-state index contributed by atoms with van der Waals surface area (Å²) in [6, 6.07) is 25.2. The molecule has 0 aliphatic heterocycles. The van der Waals surface area contributed by atoms with Gasteiger partial charge in [-0.15, -0.1) is 5.10 Å². The third kappa shape index (κ3) is 6.78. The van der Waals surface area contributed by atoms with E-state index in [1.165, 1.54) is 0 Å². The van der Waals surface area contributed by atoms with Crippen LogP contribution in [-0.4, -0.2) is 18.3 Å². The Bertz CT molecular complexity index is 969. The molecule has 2 N–H and O–H groups in total. The molecular weight excluding hydrogens is 376 g/mol. The molecule has 0 bridgehead atoms. The Hall–Kier alpha value is -3.60. The molecule has 5 heteroatoms. The van der Waals surface area contributed by atoms with Crippen LogP contribution in [0.5, 0.6) is 5.75 Å². The standard InChI is InChI=1S/C23H22N2O3.C2H6/c1-17(25-24)27-16-23(26)21-11-5-9-19(13-21)20-10-6-12-22(14-20)28-15-18-7-3-2-4-8-18;1-2/h2-14H,15-16,24H2,1H3;1-2H3/b25-17-;. The fraction of sp³-hybridized carbons (Fsp3) is 0.200. The van der Waals surface area contributed by atoms with Gasteiger partial charge in [-0.25, -0.2) is 0 Å². The van der Waals surface area contributed by atoms with E-state index in [2.05, 4.69) is 5.10 Å². The summed E-state index contributed by atoms with van der Waals surface area (Å²) < 4.78 is 11.1. The highest BCUT2D eigenvalue weighted by Gasteiger charge is 2.09. The van der Waals surface area contributed by atoms with Crippen LogP contribution in [0.3, 0.4) is 0 Å². The molecule has 0 unspecified atom stereocenters. The molecule has 0 fully saturated rings. The maximum absolute atomic E-state index is 12.3. The van der Waals surface area contributed by atoms with Crippen molar-refractivity contribution in [2.45, 2.75) is 27.4 Å². The van der Waals surface area contributed by atoms with Gasteiger partial charge in [-0.05, 0) is 34.9 Å². The lowest BCUT2D eigenvalue weighted by atomic mass is 10.0. The van der Waals surface area contributed by atoms with Crippen molar-refractivity contribution in [2.24, 2.45) is 10.9 Å². The summed E-state index contributed by atoms with van der Waals surface area (Å²) in [5, 5.41) is 3.40. The molecular formula is C25H28N2O3. The van der Waals surface area contributed by atoms with E-state index in [4.69, 9.17) is 15.3 Å². The molecule has 0 spiro atoms. The van der Waals surface area contributed by atoms with Gasteiger partial charge in [0.2, 0.25) is 5.90 Å². The maximum Gasteiger partial charge on any atom is 0.202 e. The number of hydrazone groups is 1. The van der Waals surface area contributed by atoms with Gasteiger partial charge in [-0.3, -0.25) is 4.79 Å². The lowest BCUT2D eigenvalue weighted by molar-refractivity contribution is 0.0912. The van der Waals surface area contributed by atoms with Crippen molar-refractivity contribution in [2.75, 3.05) is 6.61 Å². The van der Waals surface area contributed by atoms with Crippen LogP contribution in [-0.2, 0) is 11.3 Å². The van der Waals surface area contributed by atoms with Crippen molar-refractivity contribution in [3.63, 3.8) is 0 Å². The monoisotopic (exact) mass is 404 g/mol. The maximum atomic E-state index is 12.3. The zero-order chi connectivity index (χ0) is 21.8. The first kappa shape index (κ1) is 22.7. The topological polar surface area (TPSA) is 73.9 Å². The van der Waals surface area contributed by atoms with Gasteiger partial charge in [0.15, 0.2) is 12.4 Å². The second-order valence-electron chi connectivity index (χ2n) is 6.24. The quantitative estimate of drug-likeness (QED) is 0.187. The number of ketones is 1. The molecule has 0 heterocycles. The third-order valence-corrected chi connectivity index (χ3v) is 4.19. The van der Waals surface area contributed by atoms with E-state index in [-0.39, 0.29) is 18.3 Å². The molecule has 0 amide bonds. The average Bonchev–Trinajstić information content (AvgIpc) is 2.83. The van der Waals surface area contributed by atoms with Gasteiger partial charge < -0.3 is 15.3 Å². The fourth-order valence-corrected chi connectivity index (χ4v) is 2.67. The normalized spacial score (nSPS) is 10.6. The summed E-state index contributed by atoms with van der Waals surface area (Å²) in [7, 11) is 0.